The number of rotatable bonds is 3. The van der Waals surface area contributed by atoms with E-state index in [4.69, 9.17) is 16.3 Å². The van der Waals surface area contributed by atoms with E-state index in [-0.39, 0.29) is 25.0 Å². The first-order valence-electron chi connectivity index (χ1n) is 12.1. The zero-order chi connectivity index (χ0) is 24.3. The fourth-order valence-electron chi connectivity index (χ4n) is 5.92. The van der Waals surface area contributed by atoms with Crippen molar-refractivity contribution in [2.24, 2.45) is 0 Å². The summed E-state index contributed by atoms with van der Waals surface area (Å²) < 4.78 is 39.2. The van der Waals surface area contributed by atoms with Crippen molar-refractivity contribution in [1.29, 1.82) is 0 Å². The van der Waals surface area contributed by atoms with Gasteiger partial charge in [0, 0.05) is 48.4 Å². The van der Waals surface area contributed by atoms with Crippen LogP contribution in [0.25, 0.3) is 22.2 Å². The number of nitrogens with one attached hydrogen (secondary N) is 1. The Morgan fingerprint density at radius 3 is 2.94 bits per heavy atom. The highest BCUT2D eigenvalue weighted by Gasteiger charge is 2.53. The van der Waals surface area contributed by atoms with Crippen LogP contribution >= 0.6 is 11.6 Å². The fourth-order valence-corrected chi connectivity index (χ4v) is 6.19. The number of piperidine rings is 1. The molecule has 3 aliphatic heterocycles. The largest absolute Gasteiger partial charge is 0.375 e. The van der Waals surface area contributed by atoms with Gasteiger partial charge in [0.05, 0.1) is 30.3 Å². The molecule has 2 fully saturated rings. The summed E-state index contributed by atoms with van der Waals surface area (Å²) in [7, 11) is 0. The number of carbonyl (C=O) groups excluding carboxylic acids is 1. The van der Waals surface area contributed by atoms with Crippen molar-refractivity contribution in [2.45, 2.75) is 57.3 Å². The summed E-state index contributed by atoms with van der Waals surface area (Å²) in [4.78, 5) is 18.3. The first-order valence-corrected chi connectivity index (χ1v) is 12.5. The van der Waals surface area contributed by atoms with Gasteiger partial charge in [-0.15, -0.1) is 0 Å². The van der Waals surface area contributed by atoms with E-state index in [1.807, 2.05) is 19.1 Å². The molecule has 2 atom stereocenters. The van der Waals surface area contributed by atoms with E-state index in [1.54, 1.807) is 18.3 Å². The lowest BCUT2D eigenvalue weighted by atomic mass is 9.91. The number of pyridine rings is 1. The number of fused-ring (bicyclic) bond motifs is 4. The van der Waals surface area contributed by atoms with Gasteiger partial charge in [0.2, 0.25) is 5.91 Å². The molecule has 0 aliphatic carbocycles. The number of ether oxygens (including phenoxy) is 1. The molecule has 3 aliphatic rings. The zero-order valence-corrected chi connectivity index (χ0v) is 20.2. The van der Waals surface area contributed by atoms with Crippen LogP contribution in [0.2, 0.25) is 5.02 Å². The third-order valence-electron chi connectivity index (χ3n) is 7.53. The number of nitrogens with zero attached hydrogens (tertiary/aromatic N) is 3. The Morgan fingerprint density at radius 1 is 1.29 bits per heavy atom. The van der Waals surface area contributed by atoms with Crippen molar-refractivity contribution in [3.05, 3.63) is 52.3 Å². The number of hydrogen-bond acceptors (Lipinski definition) is 4. The number of amides is 1. The summed E-state index contributed by atoms with van der Waals surface area (Å²) in [6.07, 6.45) is 3.36. The van der Waals surface area contributed by atoms with E-state index in [9.17, 15) is 4.79 Å². The molecule has 1 aromatic carbocycles. The molecule has 6 rings (SSSR count). The van der Waals surface area contributed by atoms with Crippen LogP contribution < -0.4 is 5.32 Å². The summed E-state index contributed by atoms with van der Waals surface area (Å²) in [6.45, 7) is 4.35. The molecule has 9 heteroatoms. The number of carbonyl (C=O) groups is 1. The maximum Gasteiger partial charge on any atom is 0.349 e. The Morgan fingerprint density at radius 2 is 2.14 bits per heavy atom. The lowest BCUT2D eigenvalue weighted by Crippen LogP contribution is -2.57. The second-order valence-corrected chi connectivity index (χ2v) is 10.2. The smallest absolute Gasteiger partial charge is 0.349 e. The number of hydrogen-bond donors (Lipinski definition) is 1. The Balaban J connectivity index is 1.54. The third kappa shape index (κ3) is 3.74. The lowest BCUT2D eigenvalue weighted by Gasteiger charge is -2.45. The normalized spacial score (nSPS) is 23.9. The highest BCUT2D eigenvalue weighted by atomic mass is 35.5. The highest BCUT2D eigenvalue weighted by molar-refractivity contribution is 6.31. The van der Waals surface area contributed by atoms with Gasteiger partial charge in [0.1, 0.15) is 6.04 Å². The summed E-state index contributed by atoms with van der Waals surface area (Å²) in [5.74, 6) is -0.209. The number of morpholine rings is 1. The monoisotopic (exact) mass is 500 g/mol. The predicted octanol–water partition coefficient (Wildman–Crippen LogP) is 4.64. The van der Waals surface area contributed by atoms with E-state index in [0.29, 0.717) is 53.2 Å². The van der Waals surface area contributed by atoms with Crippen LogP contribution in [0.1, 0.15) is 36.1 Å². The van der Waals surface area contributed by atoms with Crippen LogP contribution in [0, 0.1) is 6.92 Å². The van der Waals surface area contributed by atoms with Gasteiger partial charge in [-0.1, -0.05) is 11.6 Å². The van der Waals surface area contributed by atoms with Gasteiger partial charge in [0.25, 0.3) is 0 Å². The van der Waals surface area contributed by atoms with Crippen molar-refractivity contribution >= 4 is 28.5 Å². The molecule has 2 saturated heterocycles. The second-order valence-electron chi connectivity index (χ2n) is 9.73. The van der Waals surface area contributed by atoms with E-state index >= 15 is 8.78 Å². The van der Waals surface area contributed by atoms with Crippen molar-refractivity contribution in [1.82, 2.24) is 19.8 Å². The van der Waals surface area contributed by atoms with E-state index in [0.717, 1.165) is 34.3 Å². The van der Waals surface area contributed by atoms with Gasteiger partial charge < -0.3 is 15.0 Å². The van der Waals surface area contributed by atoms with Crippen molar-refractivity contribution < 1.29 is 18.3 Å². The predicted molar refractivity (Wildman–Crippen MR) is 130 cm³/mol. The molecular formula is C26H27ClF2N4O2. The zero-order valence-electron chi connectivity index (χ0n) is 19.5. The van der Waals surface area contributed by atoms with Crippen molar-refractivity contribution in [3.63, 3.8) is 0 Å². The summed E-state index contributed by atoms with van der Waals surface area (Å²) >= 11 is 6.49. The maximum absolute atomic E-state index is 16.1. The standard InChI is InChI=1S/C26H27ClF2N4O2/c1-15-9-16(27)10-21(20(15)12-18-13-30-7-8-35-18)19-5-6-31-22-11-17-14-32-23(3-2-4-24(32)34)26(28,29)33(17)25(19)22/h5-6,9-11,18,23,30H,2-4,7-8,12-14H2,1H3. The Hall–Kier alpha value is -2.55. The molecule has 35 heavy (non-hydrogen) atoms. The molecule has 2 unspecified atom stereocenters. The molecular weight excluding hydrogens is 474 g/mol. The Bertz CT molecular complexity index is 1320. The minimum absolute atomic E-state index is 0.0100. The fraction of sp³-hybridized carbons (Fsp3) is 0.462. The molecule has 0 saturated carbocycles. The summed E-state index contributed by atoms with van der Waals surface area (Å²) in [5.41, 5.74) is 4.78. The molecule has 1 amide bonds. The van der Waals surface area contributed by atoms with E-state index in [2.05, 4.69) is 10.3 Å². The SMILES string of the molecule is Cc1cc(Cl)cc(-c2ccnc3cc4n(c23)C(F)(F)C2CCCC(=O)N2C4)c1CC1CNCCO1. The molecule has 3 aromatic rings. The number of alkyl halides is 2. The van der Waals surface area contributed by atoms with E-state index < -0.39 is 12.1 Å². The number of aromatic nitrogens is 2. The topological polar surface area (TPSA) is 59.4 Å². The quantitative estimate of drug-likeness (QED) is 0.569. The van der Waals surface area contributed by atoms with E-state index in [1.165, 1.54) is 4.90 Å². The molecule has 0 radical (unpaired) electrons. The van der Waals surface area contributed by atoms with Gasteiger partial charge in [-0.25, -0.2) is 0 Å². The highest BCUT2D eigenvalue weighted by Crippen LogP contribution is 2.46. The van der Waals surface area contributed by atoms with Gasteiger partial charge in [-0.2, -0.15) is 8.78 Å². The molecule has 184 valence electrons. The number of halogens is 3. The van der Waals surface area contributed by atoms with Crippen LogP contribution in [-0.2, 0) is 28.5 Å². The van der Waals surface area contributed by atoms with Crippen LogP contribution in [0.4, 0.5) is 8.78 Å². The van der Waals surface area contributed by atoms with Gasteiger partial charge >= 0.3 is 6.05 Å². The van der Waals surface area contributed by atoms with Crippen LogP contribution in [0.15, 0.2) is 30.5 Å². The minimum Gasteiger partial charge on any atom is -0.375 e. The Kier molecular flexibility index (Phi) is 5.58. The number of aryl methyl sites for hydroxylation is 1. The van der Waals surface area contributed by atoms with Gasteiger partial charge in [0.15, 0.2) is 0 Å². The summed E-state index contributed by atoms with van der Waals surface area (Å²) in [6, 6.07) is 2.85. The average Bonchev–Trinajstić information content (AvgIpc) is 3.22. The lowest BCUT2D eigenvalue weighted by molar-refractivity contribution is -0.186. The molecule has 1 N–H and O–H groups in total. The molecule has 6 nitrogen and oxygen atoms in total. The van der Waals surface area contributed by atoms with Crippen LogP contribution in [-0.4, -0.2) is 52.2 Å². The minimum atomic E-state index is -3.24. The second kappa shape index (κ2) is 8.54. The molecule has 0 bridgehead atoms. The average molecular weight is 501 g/mol. The molecule has 2 aromatic heterocycles. The Labute approximate surface area is 207 Å². The van der Waals surface area contributed by atoms with Crippen LogP contribution in [0.3, 0.4) is 0 Å². The van der Waals surface area contributed by atoms with Crippen molar-refractivity contribution in [2.75, 3.05) is 19.7 Å². The third-order valence-corrected chi connectivity index (χ3v) is 7.75. The first-order chi connectivity index (χ1) is 16.8. The van der Waals surface area contributed by atoms with Gasteiger partial charge in [-0.05, 0) is 60.7 Å². The van der Waals surface area contributed by atoms with Crippen LogP contribution in [0.5, 0.6) is 0 Å². The molecule has 5 heterocycles. The van der Waals surface area contributed by atoms with Crippen molar-refractivity contribution in [3.8, 4) is 11.1 Å². The number of benzene rings is 1. The van der Waals surface area contributed by atoms with Gasteiger partial charge in [-0.3, -0.25) is 14.3 Å². The first kappa shape index (κ1) is 22.9. The molecule has 0 spiro atoms. The maximum atomic E-state index is 16.1. The summed E-state index contributed by atoms with van der Waals surface area (Å²) in [5, 5.41) is 3.91.